The van der Waals surface area contributed by atoms with Crippen LogP contribution in [0.15, 0.2) is 48.5 Å². The third-order valence-electron chi connectivity index (χ3n) is 5.03. The highest BCUT2D eigenvalue weighted by molar-refractivity contribution is 5.93. The van der Waals surface area contributed by atoms with E-state index in [1.807, 2.05) is 12.1 Å². The van der Waals surface area contributed by atoms with Crippen LogP contribution in [0.5, 0.6) is 0 Å². The van der Waals surface area contributed by atoms with E-state index < -0.39 is 5.91 Å². The summed E-state index contributed by atoms with van der Waals surface area (Å²) in [4.78, 5) is 13.9. The number of nitrogens with zero attached hydrogens (tertiary/aromatic N) is 1. The summed E-state index contributed by atoms with van der Waals surface area (Å²) in [5.74, 6) is 0.177. The molecule has 1 atom stereocenters. The van der Waals surface area contributed by atoms with Crippen molar-refractivity contribution in [1.29, 1.82) is 0 Å². The number of anilines is 1. The van der Waals surface area contributed by atoms with Crippen LogP contribution in [0.25, 0.3) is 0 Å². The van der Waals surface area contributed by atoms with Gasteiger partial charge in [-0.15, -0.1) is 0 Å². The minimum absolute atomic E-state index is 0.463. The van der Waals surface area contributed by atoms with Gasteiger partial charge in [-0.3, -0.25) is 10.0 Å². The van der Waals surface area contributed by atoms with Crippen molar-refractivity contribution in [2.75, 3.05) is 11.4 Å². The van der Waals surface area contributed by atoms with Crippen LogP contribution in [0.4, 0.5) is 5.69 Å². The highest BCUT2D eigenvalue weighted by atomic mass is 16.5. The number of rotatable bonds is 5. The van der Waals surface area contributed by atoms with Crippen molar-refractivity contribution in [3.05, 3.63) is 65.2 Å². The molecule has 0 saturated carbocycles. The van der Waals surface area contributed by atoms with Crippen molar-refractivity contribution < 1.29 is 10.0 Å². The molecule has 0 aromatic heterocycles. The maximum absolute atomic E-state index is 11.4. The molecule has 3 rings (SSSR count). The second-order valence-corrected chi connectivity index (χ2v) is 6.75. The monoisotopic (exact) mass is 338 g/mol. The van der Waals surface area contributed by atoms with Crippen molar-refractivity contribution in [1.82, 2.24) is 5.48 Å². The van der Waals surface area contributed by atoms with Gasteiger partial charge in [-0.05, 0) is 54.5 Å². The van der Waals surface area contributed by atoms with Gasteiger partial charge < -0.3 is 4.90 Å². The zero-order valence-electron chi connectivity index (χ0n) is 14.7. The molecule has 2 aromatic rings. The van der Waals surface area contributed by atoms with E-state index in [0.29, 0.717) is 11.5 Å². The molecule has 0 aliphatic carbocycles. The van der Waals surface area contributed by atoms with Gasteiger partial charge in [0.25, 0.3) is 5.91 Å². The molecule has 25 heavy (non-hydrogen) atoms. The van der Waals surface area contributed by atoms with E-state index in [-0.39, 0.29) is 0 Å². The zero-order valence-corrected chi connectivity index (χ0v) is 14.7. The van der Waals surface area contributed by atoms with Crippen LogP contribution < -0.4 is 10.4 Å². The number of para-hydroxylation sites is 1. The highest BCUT2D eigenvalue weighted by Crippen LogP contribution is 2.37. The smallest absolute Gasteiger partial charge is 0.274 e. The first-order chi connectivity index (χ1) is 12.2. The fourth-order valence-corrected chi connectivity index (χ4v) is 3.78. The molecule has 1 heterocycles. The number of carbonyl (C=O) groups excluding carboxylic acids is 1. The van der Waals surface area contributed by atoms with E-state index in [4.69, 9.17) is 5.21 Å². The lowest BCUT2D eigenvalue weighted by Crippen LogP contribution is -2.23. The van der Waals surface area contributed by atoms with Crippen molar-refractivity contribution >= 4 is 11.6 Å². The Morgan fingerprint density at radius 2 is 1.96 bits per heavy atom. The summed E-state index contributed by atoms with van der Waals surface area (Å²) >= 11 is 0. The number of nitrogens with one attached hydrogen (secondary N) is 1. The minimum atomic E-state index is -0.478. The number of fused-ring (bicyclic) bond motifs is 1. The highest BCUT2D eigenvalue weighted by Gasteiger charge is 2.22. The average molecular weight is 338 g/mol. The van der Waals surface area contributed by atoms with Crippen LogP contribution in [0.3, 0.4) is 0 Å². The summed E-state index contributed by atoms with van der Waals surface area (Å²) in [6.45, 7) is 4.14. The molecule has 0 spiro atoms. The van der Waals surface area contributed by atoms with Crippen LogP contribution in [0, 0.1) is 0 Å². The maximum atomic E-state index is 11.4. The molecule has 4 nitrogen and oxygen atoms in total. The van der Waals surface area contributed by atoms with Crippen LogP contribution in [-0.2, 0) is 6.54 Å². The van der Waals surface area contributed by atoms with Gasteiger partial charge in [0.2, 0.25) is 0 Å². The standard InChI is InChI=1S/C21H26N2O2/c1-2-6-17-7-5-14-23(20-9-4-3-8-19(17)20)15-16-10-12-18(13-11-16)21(24)22-25/h3-4,8-13,17,25H,2,5-7,14-15H2,1H3,(H,22,24). The Bertz CT molecular complexity index is 712. The first-order valence-corrected chi connectivity index (χ1v) is 9.10. The number of amides is 1. The quantitative estimate of drug-likeness (QED) is 0.624. The maximum Gasteiger partial charge on any atom is 0.274 e. The predicted octanol–water partition coefficient (Wildman–Crippen LogP) is 4.49. The van der Waals surface area contributed by atoms with E-state index in [1.165, 1.54) is 42.5 Å². The topological polar surface area (TPSA) is 52.6 Å². The van der Waals surface area contributed by atoms with Crippen molar-refractivity contribution in [3.63, 3.8) is 0 Å². The van der Waals surface area contributed by atoms with Crippen LogP contribution in [-0.4, -0.2) is 17.7 Å². The van der Waals surface area contributed by atoms with E-state index in [0.717, 1.165) is 13.1 Å². The van der Waals surface area contributed by atoms with Crippen LogP contribution >= 0.6 is 0 Å². The molecule has 0 fully saturated rings. The molecular weight excluding hydrogens is 312 g/mol. The molecule has 132 valence electrons. The second-order valence-electron chi connectivity index (χ2n) is 6.75. The molecular formula is C21H26N2O2. The molecule has 2 N–H and O–H groups in total. The zero-order chi connectivity index (χ0) is 17.6. The van der Waals surface area contributed by atoms with Gasteiger partial charge in [-0.2, -0.15) is 0 Å². The first kappa shape index (κ1) is 17.5. The van der Waals surface area contributed by atoms with Crippen molar-refractivity contribution in [2.24, 2.45) is 0 Å². The molecule has 0 saturated heterocycles. The van der Waals surface area contributed by atoms with Crippen LogP contribution in [0.1, 0.15) is 60.0 Å². The number of hydrogen-bond acceptors (Lipinski definition) is 3. The largest absolute Gasteiger partial charge is 0.367 e. The SMILES string of the molecule is CCCC1CCCN(Cc2ccc(C(=O)NO)cc2)c2ccccc21. The van der Waals surface area contributed by atoms with Gasteiger partial charge in [-0.25, -0.2) is 5.48 Å². The third kappa shape index (κ3) is 4.02. The summed E-state index contributed by atoms with van der Waals surface area (Å²) in [5.41, 5.74) is 6.11. The Kier molecular flexibility index (Phi) is 5.71. The fraction of sp³-hybridized carbons (Fsp3) is 0.381. The Hall–Kier alpha value is -2.33. The summed E-state index contributed by atoms with van der Waals surface area (Å²) < 4.78 is 0. The van der Waals surface area contributed by atoms with Crippen molar-refractivity contribution in [3.8, 4) is 0 Å². The minimum Gasteiger partial charge on any atom is -0.367 e. The lowest BCUT2D eigenvalue weighted by molar-refractivity contribution is 0.0706. The molecule has 1 aliphatic heterocycles. The van der Waals surface area contributed by atoms with Gasteiger partial charge in [-0.1, -0.05) is 43.7 Å². The first-order valence-electron chi connectivity index (χ1n) is 9.10. The Morgan fingerprint density at radius 1 is 1.20 bits per heavy atom. The fourth-order valence-electron chi connectivity index (χ4n) is 3.78. The van der Waals surface area contributed by atoms with E-state index >= 15 is 0 Å². The average Bonchev–Trinajstić information content (AvgIpc) is 2.82. The van der Waals surface area contributed by atoms with E-state index in [2.05, 4.69) is 36.1 Å². The normalized spacial score (nSPS) is 16.9. The van der Waals surface area contributed by atoms with Gasteiger partial charge in [0.1, 0.15) is 0 Å². The van der Waals surface area contributed by atoms with Gasteiger partial charge in [0, 0.05) is 24.3 Å². The molecule has 1 unspecified atom stereocenters. The Balaban J connectivity index is 1.82. The third-order valence-corrected chi connectivity index (χ3v) is 5.03. The number of hydroxylamine groups is 1. The van der Waals surface area contributed by atoms with E-state index in [1.54, 1.807) is 17.6 Å². The summed E-state index contributed by atoms with van der Waals surface area (Å²) in [6, 6.07) is 16.2. The van der Waals surface area contributed by atoms with Gasteiger partial charge >= 0.3 is 0 Å². The van der Waals surface area contributed by atoms with Gasteiger partial charge in [0.05, 0.1) is 0 Å². The predicted molar refractivity (Wildman–Crippen MR) is 100 cm³/mol. The lowest BCUT2D eigenvalue weighted by atomic mass is 9.90. The number of hydrogen-bond donors (Lipinski definition) is 2. The molecule has 0 bridgehead atoms. The van der Waals surface area contributed by atoms with Crippen LogP contribution in [0.2, 0.25) is 0 Å². The Labute approximate surface area is 149 Å². The van der Waals surface area contributed by atoms with Crippen molar-refractivity contribution in [2.45, 2.75) is 45.1 Å². The summed E-state index contributed by atoms with van der Waals surface area (Å²) in [5, 5.41) is 8.72. The number of benzene rings is 2. The van der Waals surface area contributed by atoms with Gasteiger partial charge in [0.15, 0.2) is 0 Å². The molecule has 1 aliphatic rings. The molecule has 1 amide bonds. The molecule has 4 heteroatoms. The van der Waals surface area contributed by atoms with E-state index in [9.17, 15) is 4.79 Å². The summed E-state index contributed by atoms with van der Waals surface area (Å²) in [6.07, 6.45) is 4.91. The molecule has 0 radical (unpaired) electrons. The second kappa shape index (κ2) is 8.17. The molecule has 2 aromatic carbocycles. The Morgan fingerprint density at radius 3 is 2.68 bits per heavy atom. The summed E-state index contributed by atoms with van der Waals surface area (Å²) in [7, 11) is 0. The lowest BCUT2D eigenvalue weighted by Gasteiger charge is -2.26. The number of carbonyl (C=O) groups is 1.